The van der Waals surface area contributed by atoms with Crippen molar-refractivity contribution in [1.29, 1.82) is 0 Å². The van der Waals surface area contributed by atoms with Gasteiger partial charge in [-0.2, -0.15) is 5.10 Å². The molecule has 1 aromatic carbocycles. The van der Waals surface area contributed by atoms with Crippen LogP contribution in [-0.2, 0) is 16.4 Å². The predicted octanol–water partition coefficient (Wildman–Crippen LogP) is 1.36. The fourth-order valence-corrected chi connectivity index (χ4v) is 3.01. The largest absolute Gasteiger partial charge is 0.399 e. The van der Waals surface area contributed by atoms with E-state index in [1.54, 1.807) is 12.1 Å². The average molecular weight is 266 g/mol. The molecular weight excluding hydrogens is 252 g/mol. The molecule has 0 aliphatic carbocycles. The van der Waals surface area contributed by atoms with E-state index in [1.165, 1.54) is 18.5 Å². The minimum atomic E-state index is -3.64. The fraction of sp³-hybridized carbons (Fsp3) is 0.182. The zero-order valence-electron chi connectivity index (χ0n) is 9.84. The smallest absolute Gasteiger partial charge is 0.262 e. The normalized spacial score (nSPS) is 11.4. The number of hydrogen-bond acceptors (Lipinski definition) is 4. The predicted molar refractivity (Wildman–Crippen MR) is 69.6 cm³/mol. The molecule has 4 N–H and O–H groups in total. The zero-order chi connectivity index (χ0) is 13.2. The molecule has 18 heavy (non-hydrogen) atoms. The Hall–Kier alpha value is -2.02. The van der Waals surface area contributed by atoms with E-state index in [2.05, 4.69) is 14.9 Å². The Kier molecular flexibility index (Phi) is 3.24. The van der Waals surface area contributed by atoms with Crippen LogP contribution in [0.5, 0.6) is 0 Å². The summed E-state index contributed by atoms with van der Waals surface area (Å²) < 4.78 is 26.9. The standard InChI is InChI=1S/C11H14N4O2S/c1-2-8-3-4-9(12)5-11(8)18(16,17)15-10-6-13-14-7-10/h3-7,15H,2,12H2,1H3,(H,13,14). The number of aryl methyl sites for hydroxylation is 1. The van der Waals surface area contributed by atoms with E-state index >= 15 is 0 Å². The van der Waals surface area contributed by atoms with Crippen LogP contribution in [0, 0.1) is 0 Å². The van der Waals surface area contributed by atoms with Crippen LogP contribution in [-0.4, -0.2) is 18.6 Å². The lowest BCUT2D eigenvalue weighted by Gasteiger charge is -2.10. The maximum atomic E-state index is 12.2. The van der Waals surface area contributed by atoms with Crippen LogP contribution in [0.1, 0.15) is 12.5 Å². The number of benzene rings is 1. The van der Waals surface area contributed by atoms with Gasteiger partial charge in [0.1, 0.15) is 0 Å². The maximum absolute atomic E-state index is 12.2. The summed E-state index contributed by atoms with van der Waals surface area (Å²) in [5.74, 6) is 0. The van der Waals surface area contributed by atoms with E-state index < -0.39 is 10.0 Å². The van der Waals surface area contributed by atoms with Gasteiger partial charge in [-0.25, -0.2) is 8.42 Å². The third-order valence-electron chi connectivity index (χ3n) is 2.51. The van der Waals surface area contributed by atoms with Crippen molar-refractivity contribution in [2.45, 2.75) is 18.2 Å². The van der Waals surface area contributed by atoms with Crippen LogP contribution < -0.4 is 10.5 Å². The Morgan fingerprint density at radius 2 is 2.22 bits per heavy atom. The third-order valence-corrected chi connectivity index (χ3v) is 3.98. The summed E-state index contributed by atoms with van der Waals surface area (Å²) in [6.45, 7) is 1.89. The molecule has 0 bridgehead atoms. The summed E-state index contributed by atoms with van der Waals surface area (Å²) in [4.78, 5) is 0.200. The first-order valence-corrected chi connectivity index (χ1v) is 6.91. The Labute approximate surface area is 105 Å². The van der Waals surface area contributed by atoms with Crippen LogP contribution >= 0.6 is 0 Å². The summed E-state index contributed by atoms with van der Waals surface area (Å²) in [7, 11) is -3.64. The second-order valence-corrected chi connectivity index (χ2v) is 5.46. The molecule has 0 unspecified atom stereocenters. The Bertz CT molecular complexity index is 635. The van der Waals surface area contributed by atoms with Crippen LogP contribution in [0.4, 0.5) is 11.4 Å². The van der Waals surface area contributed by atoms with Crippen molar-refractivity contribution in [3.8, 4) is 0 Å². The molecule has 0 atom stereocenters. The van der Waals surface area contributed by atoms with Gasteiger partial charge in [-0.05, 0) is 24.1 Å². The molecule has 0 fully saturated rings. The molecule has 2 rings (SSSR count). The first kappa shape index (κ1) is 12.4. The van der Waals surface area contributed by atoms with Gasteiger partial charge in [-0.1, -0.05) is 13.0 Å². The molecular formula is C11H14N4O2S. The molecule has 96 valence electrons. The molecule has 2 aromatic rings. The number of nitrogens with two attached hydrogens (primary N) is 1. The summed E-state index contributed by atoms with van der Waals surface area (Å²) in [5.41, 5.74) is 7.17. The number of nitrogens with one attached hydrogen (secondary N) is 2. The van der Waals surface area contributed by atoms with Crippen molar-refractivity contribution >= 4 is 21.4 Å². The van der Waals surface area contributed by atoms with Crippen molar-refractivity contribution in [1.82, 2.24) is 10.2 Å². The lowest BCUT2D eigenvalue weighted by Crippen LogP contribution is -2.15. The Morgan fingerprint density at radius 1 is 1.44 bits per heavy atom. The highest BCUT2D eigenvalue weighted by Gasteiger charge is 2.18. The van der Waals surface area contributed by atoms with Crippen molar-refractivity contribution in [3.05, 3.63) is 36.2 Å². The quantitative estimate of drug-likeness (QED) is 0.727. The third kappa shape index (κ3) is 2.45. The fourth-order valence-electron chi connectivity index (χ4n) is 1.63. The molecule has 0 saturated heterocycles. The van der Waals surface area contributed by atoms with Crippen molar-refractivity contribution < 1.29 is 8.42 Å². The number of nitrogens with zero attached hydrogens (tertiary/aromatic N) is 1. The Balaban J connectivity index is 2.43. The summed E-state index contributed by atoms with van der Waals surface area (Å²) in [5, 5.41) is 6.23. The highest BCUT2D eigenvalue weighted by molar-refractivity contribution is 7.92. The number of nitrogen functional groups attached to an aromatic ring is 1. The number of H-pyrrole nitrogens is 1. The van der Waals surface area contributed by atoms with Gasteiger partial charge in [0.2, 0.25) is 0 Å². The molecule has 7 heteroatoms. The van der Waals surface area contributed by atoms with Gasteiger partial charge in [-0.15, -0.1) is 0 Å². The van der Waals surface area contributed by atoms with Gasteiger partial charge < -0.3 is 5.73 Å². The minimum Gasteiger partial charge on any atom is -0.399 e. The molecule has 0 amide bonds. The zero-order valence-corrected chi connectivity index (χ0v) is 10.7. The second kappa shape index (κ2) is 4.69. The minimum absolute atomic E-state index is 0.200. The summed E-state index contributed by atoms with van der Waals surface area (Å²) in [6, 6.07) is 4.87. The van der Waals surface area contributed by atoms with Crippen molar-refractivity contribution in [3.63, 3.8) is 0 Å². The van der Waals surface area contributed by atoms with Gasteiger partial charge in [-0.3, -0.25) is 9.82 Å². The van der Waals surface area contributed by atoms with Crippen LogP contribution in [0.2, 0.25) is 0 Å². The Morgan fingerprint density at radius 3 is 2.83 bits per heavy atom. The highest BCUT2D eigenvalue weighted by atomic mass is 32.2. The van der Waals surface area contributed by atoms with E-state index in [0.717, 1.165) is 5.56 Å². The lowest BCUT2D eigenvalue weighted by molar-refractivity contribution is 0.600. The van der Waals surface area contributed by atoms with Crippen LogP contribution in [0.3, 0.4) is 0 Å². The number of hydrogen-bond donors (Lipinski definition) is 3. The van der Waals surface area contributed by atoms with Gasteiger partial charge in [0.05, 0.1) is 16.8 Å². The van der Waals surface area contributed by atoms with Crippen molar-refractivity contribution in [2.24, 2.45) is 0 Å². The van der Waals surface area contributed by atoms with Crippen molar-refractivity contribution in [2.75, 3.05) is 10.5 Å². The number of aromatic amines is 1. The van der Waals surface area contributed by atoms with E-state index in [0.29, 0.717) is 17.8 Å². The topological polar surface area (TPSA) is 101 Å². The molecule has 1 heterocycles. The maximum Gasteiger partial charge on any atom is 0.262 e. The summed E-state index contributed by atoms with van der Waals surface area (Å²) >= 11 is 0. The number of anilines is 2. The number of rotatable bonds is 4. The molecule has 6 nitrogen and oxygen atoms in total. The van der Waals surface area contributed by atoms with E-state index in [1.807, 2.05) is 6.92 Å². The second-order valence-electron chi connectivity index (χ2n) is 3.81. The lowest BCUT2D eigenvalue weighted by atomic mass is 10.1. The molecule has 0 spiro atoms. The van der Waals surface area contributed by atoms with Gasteiger partial charge in [0.25, 0.3) is 10.0 Å². The highest BCUT2D eigenvalue weighted by Crippen LogP contribution is 2.22. The van der Waals surface area contributed by atoms with Gasteiger partial charge in [0.15, 0.2) is 0 Å². The monoisotopic (exact) mass is 266 g/mol. The van der Waals surface area contributed by atoms with E-state index in [9.17, 15) is 8.42 Å². The molecule has 0 aliphatic heterocycles. The molecule has 0 aliphatic rings. The van der Waals surface area contributed by atoms with E-state index in [4.69, 9.17) is 5.73 Å². The first-order chi connectivity index (χ1) is 8.53. The SMILES string of the molecule is CCc1ccc(N)cc1S(=O)(=O)Nc1cn[nH]c1. The molecule has 0 saturated carbocycles. The summed E-state index contributed by atoms with van der Waals surface area (Å²) in [6.07, 6.45) is 3.48. The number of aromatic nitrogens is 2. The van der Waals surface area contributed by atoms with Crippen LogP contribution in [0.15, 0.2) is 35.5 Å². The number of sulfonamides is 1. The van der Waals surface area contributed by atoms with E-state index in [-0.39, 0.29) is 4.90 Å². The first-order valence-electron chi connectivity index (χ1n) is 5.43. The van der Waals surface area contributed by atoms with Crippen LogP contribution in [0.25, 0.3) is 0 Å². The van der Waals surface area contributed by atoms with Gasteiger partial charge >= 0.3 is 0 Å². The average Bonchev–Trinajstić information content (AvgIpc) is 2.81. The van der Waals surface area contributed by atoms with Gasteiger partial charge in [0, 0.05) is 11.9 Å². The molecule has 1 aromatic heterocycles. The molecule has 0 radical (unpaired) electrons.